The van der Waals surface area contributed by atoms with Crippen LogP contribution < -0.4 is 9.03 Å². The molecular weight excluding hydrogens is 228 g/mol. The van der Waals surface area contributed by atoms with Gasteiger partial charge in [0.15, 0.2) is 0 Å². The van der Waals surface area contributed by atoms with Crippen LogP contribution in [0.3, 0.4) is 0 Å². The third-order valence-electron chi connectivity index (χ3n) is 1.94. The predicted molar refractivity (Wildman–Crippen MR) is 63.7 cm³/mol. The molecule has 16 heavy (non-hydrogen) atoms. The van der Waals surface area contributed by atoms with E-state index in [0.29, 0.717) is 5.69 Å². The molecule has 0 aromatic heterocycles. The van der Waals surface area contributed by atoms with Crippen LogP contribution in [-0.4, -0.2) is 26.6 Å². The molecule has 1 aromatic carbocycles. The Bertz CT molecular complexity index is 457. The fraction of sp³-hybridized carbons (Fsp3) is 0.400. The lowest BCUT2D eigenvalue weighted by Crippen LogP contribution is -2.41. The first-order valence-corrected chi connectivity index (χ1v) is 6.32. The Balaban J connectivity index is 2.98. The van der Waals surface area contributed by atoms with Crippen molar-refractivity contribution in [3.8, 4) is 5.75 Å². The lowest BCUT2D eigenvalue weighted by molar-refractivity contribution is 0.475. The third-order valence-corrected chi connectivity index (χ3v) is 3.64. The van der Waals surface area contributed by atoms with Crippen molar-refractivity contribution in [2.24, 2.45) is 0 Å². The molecule has 0 bridgehead atoms. The molecule has 0 aliphatic heterocycles. The van der Waals surface area contributed by atoms with Crippen LogP contribution in [-0.2, 0) is 10.2 Å². The molecule has 5 nitrogen and oxygen atoms in total. The van der Waals surface area contributed by atoms with Gasteiger partial charge in [0.1, 0.15) is 5.75 Å². The second-order valence-electron chi connectivity index (χ2n) is 3.76. The number of hydrogen-bond acceptors (Lipinski definition) is 3. The van der Waals surface area contributed by atoms with Crippen LogP contribution >= 0.6 is 0 Å². The highest BCUT2D eigenvalue weighted by atomic mass is 32.2. The molecule has 1 aromatic rings. The van der Waals surface area contributed by atoms with Gasteiger partial charge in [0.05, 0.1) is 5.69 Å². The topological polar surface area (TPSA) is 69.6 Å². The largest absolute Gasteiger partial charge is 0.508 e. The second kappa shape index (κ2) is 4.71. The van der Waals surface area contributed by atoms with Gasteiger partial charge in [-0.2, -0.15) is 13.1 Å². The van der Waals surface area contributed by atoms with Crippen LogP contribution in [0.25, 0.3) is 0 Å². The molecule has 0 fully saturated rings. The van der Waals surface area contributed by atoms with Crippen molar-refractivity contribution in [2.75, 3.05) is 11.4 Å². The van der Waals surface area contributed by atoms with E-state index in [1.807, 2.05) is 0 Å². The Morgan fingerprint density at radius 1 is 1.38 bits per heavy atom. The van der Waals surface area contributed by atoms with E-state index in [1.54, 1.807) is 26.0 Å². The number of nitrogens with one attached hydrogen (secondary N) is 1. The number of phenols is 1. The summed E-state index contributed by atoms with van der Waals surface area (Å²) < 4.78 is 27.1. The van der Waals surface area contributed by atoms with Crippen molar-refractivity contribution in [3.63, 3.8) is 0 Å². The summed E-state index contributed by atoms with van der Waals surface area (Å²) in [7, 11) is -2.13. The Morgan fingerprint density at radius 3 is 2.50 bits per heavy atom. The molecular formula is C10H16N2O3S. The van der Waals surface area contributed by atoms with E-state index in [-0.39, 0.29) is 11.8 Å². The molecule has 0 heterocycles. The molecule has 2 N–H and O–H groups in total. The van der Waals surface area contributed by atoms with Crippen molar-refractivity contribution >= 4 is 15.9 Å². The van der Waals surface area contributed by atoms with Crippen LogP contribution in [0.4, 0.5) is 5.69 Å². The fourth-order valence-corrected chi connectivity index (χ4v) is 2.35. The van der Waals surface area contributed by atoms with E-state index in [9.17, 15) is 13.5 Å². The number of nitrogens with zero attached hydrogens (tertiary/aromatic N) is 1. The highest BCUT2D eigenvalue weighted by molar-refractivity contribution is 7.90. The van der Waals surface area contributed by atoms with Crippen LogP contribution in [0.5, 0.6) is 5.75 Å². The van der Waals surface area contributed by atoms with E-state index < -0.39 is 10.2 Å². The van der Waals surface area contributed by atoms with Gasteiger partial charge in [0.25, 0.3) is 0 Å². The first-order chi connectivity index (χ1) is 7.33. The number of benzene rings is 1. The Kier molecular flexibility index (Phi) is 3.77. The van der Waals surface area contributed by atoms with Gasteiger partial charge in [0, 0.05) is 19.2 Å². The molecule has 0 unspecified atom stereocenters. The molecule has 90 valence electrons. The number of phenolic OH excluding ortho intramolecular Hbond substituents is 1. The second-order valence-corrected chi connectivity index (χ2v) is 5.50. The van der Waals surface area contributed by atoms with E-state index >= 15 is 0 Å². The van der Waals surface area contributed by atoms with Crippen LogP contribution in [0, 0.1) is 0 Å². The van der Waals surface area contributed by atoms with Crippen molar-refractivity contribution in [1.29, 1.82) is 0 Å². The van der Waals surface area contributed by atoms with Gasteiger partial charge in [-0.15, -0.1) is 0 Å². The van der Waals surface area contributed by atoms with Gasteiger partial charge < -0.3 is 5.11 Å². The minimum Gasteiger partial charge on any atom is -0.508 e. The zero-order valence-corrected chi connectivity index (χ0v) is 10.3. The van der Waals surface area contributed by atoms with Crippen molar-refractivity contribution < 1.29 is 13.5 Å². The summed E-state index contributed by atoms with van der Waals surface area (Å²) in [5.74, 6) is 0.0316. The van der Waals surface area contributed by atoms with Gasteiger partial charge in [-0.05, 0) is 26.0 Å². The molecule has 0 amide bonds. The van der Waals surface area contributed by atoms with Gasteiger partial charge in [-0.25, -0.2) is 0 Å². The summed E-state index contributed by atoms with van der Waals surface area (Å²) in [5, 5.41) is 9.27. The van der Waals surface area contributed by atoms with Crippen molar-refractivity contribution in [1.82, 2.24) is 4.72 Å². The summed E-state index contributed by atoms with van der Waals surface area (Å²) in [6.45, 7) is 3.49. The van der Waals surface area contributed by atoms with Crippen LogP contribution in [0.1, 0.15) is 13.8 Å². The SMILES string of the molecule is CC(C)NS(=O)(=O)N(C)c1cccc(O)c1. The molecule has 0 radical (unpaired) electrons. The first-order valence-electron chi connectivity index (χ1n) is 4.88. The van der Waals surface area contributed by atoms with E-state index in [0.717, 1.165) is 4.31 Å². The molecule has 6 heteroatoms. The van der Waals surface area contributed by atoms with Gasteiger partial charge in [-0.3, -0.25) is 4.31 Å². The number of rotatable bonds is 4. The van der Waals surface area contributed by atoms with Crippen LogP contribution in [0.2, 0.25) is 0 Å². The third kappa shape index (κ3) is 3.11. The van der Waals surface area contributed by atoms with Crippen molar-refractivity contribution in [3.05, 3.63) is 24.3 Å². The highest BCUT2D eigenvalue weighted by Gasteiger charge is 2.18. The number of anilines is 1. The van der Waals surface area contributed by atoms with E-state index in [1.165, 1.54) is 19.2 Å². The monoisotopic (exact) mass is 244 g/mol. The molecule has 1 rings (SSSR count). The van der Waals surface area contributed by atoms with E-state index in [4.69, 9.17) is 0 Å². The first kappa shape index (κ1) is 12.8. The zero-order valence-electron chi connectivity index (χ0n) is 9.51. The average Bonchev–Trinajstić information content (AvgIpc) is 2.14. The summed E-state index contributed by atoms with van der Waals surface area (Å²) >= 11 is 0. The zero-order chi connectivity index (χ0) is 12.3. The molecule has 0 aliphatic rings. The van der Waals surface area contributed by atoms with Crippen LogP contribution in [0.15, 0.2) is 24.3 Å². The van der Waals surface area contributed by atoms with Crippen molar-refractivity contribution in [2.45, 2.75) is 19.9 Å². The van der Waals surface area contributed by atoms with Gasteiger partial charge in [0.2, 0.25) is 0 Å². The Hall–Kier alpha value is -1.27. The summed E-state index contributed by atoms with van der Waals surface area (Å²) in [6.07, 6.45) is 0. The molecule has 0 spiro atoms. The summed E-state index contributed by atoms with van der Waals surface area (Å²) in [5.41, 5.74) is 0.410. The average molecular weight is 244 g/mol. The smallest absolute Gasteiger partial charge is 0.301 e. The lowest BCUT2D eigenvalue weighted by Gasteiger charge is -2.21. The quantitative estimate of drug-likeness (QED) is 0.832. The minimum absolute atomic E-state index is 0.0316. The molecule has 0 aliphatic carbocycles. The Labute approximate surface area is 95.9 Å². The number of aromatic hydroxyl groups is 1. The maximum absolute atomic E-state index is 11.8. The predicted octanol–water partition coefficient (Wildman–Crippen LogP) is 1.07. The highest BCUT2D eigenvalue weighted by Crippen LogP contribution is 2.20. The number of hydrogen-bond donors (Lipinski definition) is 2. The minimum atomic E-state index is -3.56. The molecule has 0 atom stereocenters. The Morgan fingerprint density at radius 2 is 2.00 bits per heavy atom. The van der Waals surface area contributed by atoms with Gasteiger partial charge in [-0.1, -0.05) is 6.07 Å². The maximum atomic E-state index is 11.8. The molecule has 0 saturated heterocycles. The lowest BCUT2D eigenvalue weighted by atomic mass is 10.3. The van der Waals surface area contributed by atoms with Gasteiger partial charge >= 0.3 is 10.2 Å². The van der Waals surface area contributed by atoms with E-state index in [2.05, 4.69) is 4.72 Å². The molecule has 0 saturated carbocycles. The standard InChI is InChI=1S/C10H16N2O3S/c1-8(2)11-16(14,15)12(3)9-5-4-6-10(13)7-9/h4-8,11,13H,1-3H3. The summed E-state index contributed by atoms with van der Waals surface area (Å²) in [6, 6.07) is 5.90. The maximum Gasteiger partial charge on any atom is 0.301 e. The summed E-state index contributed by atoms with van der Waals surface area (Å²) in [4.78, 5) is 0. The normalized spacial score (nSPS) is 11.8. The fourth-order valence-electron chi connectivity index (χ4n) is 1.20.